The molecule has 5 heteroatoms. The van der Waals surface area contributed by atoms with Gasteiger partial charge in [0.25, 0.3) is 6.43 Å². The predicted octanol–water partition coefficient (Wildman–Crippen LogP) is 0.741. The van der Waals surface area contributed by atoms with Crippen molar-refractivity contribution in [3.05, 3.63) is 0 Å². The maximum Gasteiger partial charge on any atom is 0.255 e. The molecule has 0 spiro atoms. The Morgan fingerprint density at radius 1 is 1.46 bits per heavy atom. The predicted molar refractivity (Wildman–Crippen MR) is 46.4 cm³/mol. The second kappa shape index (κ2) is 5.85. The van der Waals surface area contributed by atoms with E-state index in [2.05, 4.69) is 5.32 Å². The molecule has 3 N–H and O–H groups in total. The third-order valence-corrected chi connectivity index (χ3v) is 1.73. The lowest BCUT2D eigenvalue weighted by Gasteiger charge is -2.14. The van der Waals surface area contributed by atoms with Crippen molar-refractivity contribution in [2.24, 2.45) is 11.7 Å². The van der Waals surface area contributed by atoms with Crippen LogP contribution in [0.4, 0.5) is 8.78 Å². The minimum absolute atomic E-state index is 0.102. The summed E-state index contributed by atoms with van der Waals surface area (Å²) < 4.78 is 23.3. The summed E-state index contributed by atoms with van der Waals surface area (Å²) in [5, 5.41) is 2.10. The number of hydrogen-bond acceptors (Lipinski definition) is 2. The van der Waals surface area contributed by atoms with Crippen molar-refractivity contribution in [3.8, 4) is 0 Å². The van der Waals surface area contributed by atoms with Crippen LogP contribution >= 0.6 is 0 Å². The highest BCUT2D eigenvalue weighted by atomic mass is 19.3. The van der Waals surface area contributed by atoms with Crippen molar-refractivity contribution < 1.29 is 13.6 Å². The van der Waals surface area contributed by atoms with Gasteiger partial charge in [0, 0.05) is 12.5 Å². The van der Waals surface area contributed by atoms with E-state index in [-0.39, 0.29) is 18.4 Å². The second-order valence-electron chi connectivity index (χ2n) is 3.31. The lowest BCUT2D eigenvalue weighted by molar-refractivity contribution is -0.122. The van der Waals surface area contributed by atoms with E-state index in [1.54, 1.807) is 0 Å². The molecular weight excluding hydrogens is 178 g/mol. The van der Waals surface area contributed by atoms with Gasteiger partial charge >= 0.3 is 0 Å². The third-order valence-electron chi connectivity index (χ3n) is 1.73. The van der Waals surface area contributed by atoms with Crippen LogP contribution in [0.5, 0.6) is 0 Å². The van der Waals surface area contributed by atoms with Crippen molar-refractivity contribution in [2.45, 2.75) is 32.7 Å². The van der Waals surface area contributed by atoms with E-state index >= 15 is 0 Å². The first-order valence-corrected chi connectivity index (χ1v) is 4.24. The lowest BCUT2D eigenvalue weighted by atomic mass is 10.0. The van der Waals surface area contributed by atoms with Crippen LogP contribution in [0.1, 0.15) is 20.3 Å². The topological polar surface area (TPSA) is 55.1 Å². The smallest absolute Gasteiger partial charge is 0.255 e. The summed E-state index contributed by atoms with van der Waals surface area (Å²) in [6.07, 6.45) is -2.40. The molecule has 0 aromatic heterocycles. The van der Waals surface area contributed by atoms with E-state index in [1.165, 1.54) is 0 Å². The molecule has 1 amide bonds. The Hall–Kier alpha value is -0.710. The molecule has 1 unspecified atom stereocenters. The van der Waals surface area contributed by atoms with Gasteiger partial charge in [-0.2, -0.15) is 0 Å². The van der Waals surface area contributed by atoms with Gasteiger partial charge in [-0.05, 0) is 5.92 Å². The van der Waals surface area contributed by atoms with Crippen molar-refractivity contribution in [1.82, 2.24) is 5.32 Å². The van der Waals surface area contributed by atoms with Crippen LogP contribution in [-0.4, -0.2) is 24.9 Å². The van der Waals surface area contributed by atoms with Crippen LogP contribution in [0.3, 0.4) is 0 Å². The van der Waals surface area contributed by atoms with Crippen molar-refractivity contribution in [2.75, 3.05) is 6.54 Å². The van der Waals surface area contributed by atoms with Gasteiger partial charge in [0.2, 0.25) is 5.91 Å². The minimum Gasteiger partial charge on any atom is -0.350 e. The van der Waals surface area contributed by atoms with Crippen LogP contribution in [0.25, 0.3) is 0 Å². The maximum atomic E-state index is 11.6. The molecule has 0 fully saturated rings. The number of rotatable bonds is 5. The molecule has 0 heterocycles. The van der Waals surface area contributed by atoms with Gasteiger partial charge in [0.15, 0.2) is 0 Å². The molecule has 78 valence electrons. The molecule has 0 aromatic carbocycles. The van der Waals surface area contributed by atoms with Gasteiger partial charge in [0.1, 0.15) is 0 Å². The lowest BCUT2D eigenvalue weighted by Crippen LogP contribution is -2.36. The first-order chi connectivity index (χ1) is 5.93. The Kier molecular flexibility index (Phi) is 5.53. The standard InChI is InChI=1S/C8H16F2N2O/c1-5(2)6(11)3-8(13)12-4-7(9)10/h5-7H,3-4,11H2,1-2H3,(H,12,13). The minimum atomic E-state index is -2.50. The quantitative estimate of drug-likeness (QED) is 0.678. The second-order valence-corrected chi connectivity index (χ2v) is 3.31. The Balaban J connectivity index is 3.62. The van der Waals surface area contributed by atoms with E-state index in [0.29, 0.717) is 0 Å². The van der Waals surface area contributed by atoms with E-state index in [1.807, 2.05) is 13.8 Å². The van der Waals surface area contributed by atoms with E-state index in [4.69, 9.17) is 5.73 Å². The van der Waals surface area contributed by atoms with Crippen molar-refractivity contribution >= 4 is 5.91 Å². The van der Waals surface area contributed by atoms with Crippen molar-refractivity contribution in [3.63, 3.8) is 0 Å². The average molecular weight is 194 g/mol. The Bertz CT molecular complexity index is 162. The summed E-state index contributed by atoms with van der Waals surface area (Å²) in [5.41, 5.74) is 5.58. The number of halogens is 2. The fourth-order valence-electron chi connectivity index (χ4n) is 0.713. The van der Waals surface area contributed by atoms with Gasteiger partial charge in [-0.25, -0.2) is 8.78 Å². The molecule has 0 aliphatic rings. The molecule has 3 nitrogen and oxygen atoms in total. The third kappa shape index (κ3) is 6.45. The SMILES string of the molecule is CC(C)C(N)CC(=O)NCC(F)F. The molecule has 0 aliphatic carbocycles. The maximum absolute atomic E-state index is 11.6. The highest BCUT2D eigenvalue weighted by molar-refractivity contribution is 5.76. The molecule has 0 saturated heterocycles. The molecule has 0 aliphatic heterocycles. The molecule has 0 rings (SSSR count). The Labute approximate surface area is 76.7 Å². The molecule has 0 radical (unpaired) electrons. The normalized spacial score (nSPS) is 13.5. The van der Waals surface area contributed by atoms with Crippen LogP contribution in [0, 0.1) is 5.92 Å². The van der Waals surface area contributed by atoms with Gasteiger partial charge in [-0.15, -0.1) is 0 Å². The summed E-state index contributed by atoms with van der Waals surface area (Å²) in [5.74, 6) is -0.237. The fourth-order valence-corrected chi connectivity index (χ4v) is 0.713. The van der Waals surface area contributed by atoms with E-state index in [0.717, 1.165) is 0 Å². The molecule has 13 heavy (non-hydrogen) atoms. The monoisotopic (exact) mass is 194 g/mol. The molecule has 0 aromatic rings. The van der Waals surface area contributed by atoms with E-state index in [9.17, 15) is 13.6 Å². The highest BCUT2D eigenvalue weighted by Crippen LogP contribution is 2.02. The summed E-state index contributed by atoms with van der Waals surface area (Å²) >= 11 is 0. The number of carbonyl (C=O) groups excluding carboxylic acids is 1. The molecular formula is C8H16F2N2O. The number of carbonyl (C=O) groups is 1. The zero-order valence-electron chi connectivity index (χ0n) is 7.89. The molecule has 1 atom stereocenters. The first-order valence-electron chi connectivity index (χ1n) is 4.24. The number of amides is 1. The number of nitrogens with one attached hydrogen (secondary N) is 1. The van der Waals surface area contributed by atoms with Gasteiger partial charge in [-0.3, -0.25) is 4.79 Å². The number of nitrogens with two attached hydrogens (primary N) is 1. The van der Waals surface area contributed by atoms with Crippen LogP contribution in [0.15, 0.2) is 0 Å². The summed E-state index contributed by atoms with van der Waals surface area (Å²) in [6, 6.07) is -0.266. The van der Waals surface area contributed by atoms with Crippen LogP contribution in [-0.2, 0) is 4.79 Å². The van der Waals surface area contributed by atoms with Gasteiger partial charge < -0.3 is 11.1 Å². The van der Waals surface area contributed by atoms with Gasteiger partial charge in [-0.1, -0.05) is 13.8 Å². The zero-order valence-corrected chi connectivity index (χ0v) is 7.89. The Morgan fingerprint density at radius 2 is 2.00 bits per heavy atom. The fraction of sp³-hybridized carbons (Fsp3) is 0.875. The highest BCUT2D eigenvalue weighted by Gasteiger charge is 2.13. The molecule has 0 bridgehead atoms. The number of hydrogen-bond donors (Lipinski definition) is 2. The largest absolute Gasteiger partial charge is 0.350 e. The molecule has 0 saturated carbocycles. The Morgan fingerprint density at radius 3 is 2.38 bits per heavy atom. The summed E-state index contributed by atoms with van der Waals surface area (Å²) in [6.45, 7) is 3.17. The summed E-state index contributed by atoms with van der Waals surface area (Å²) in [7, 11) is 0. The van der Waals surface area contributed by atoms with Crippen molar-refractivity contribution in [1.29, 1.82) is 0 Å². The van der Waals surface area contributed by atoms with Gasteiger partial charge in [0.05, 0.1) is 6.54 Å². The summed E-state index contributed by atoms with van der Waals surface area (Å²) in [4.78, 5) is 10.9. The van der Waals surface area contributed by atoms with E-state index < -0.39 is 18.9 Å². The first kappa shape index (κ1) is 12.3. The number of alkyl halides is 2. The van der Waals surface area contributed by atoms with Crippen LogP contribution < -0.4 is 11.1 Å². The average Bonchev–Trinajstić information content (AvgIpc) is 2.00. The zero-order chi connectivity index (χ0) is 10.4. The van der Waals surface area contributed by atoms with Crippen LogP contribution in [0.2, 0.25) is 0 Å².